The smallest absolute Gasteiger partial charge is 0.405 e. The molecule has 0 aliphatic rings. The van der Waals surface area contributed by atoms with E-state index in [4.69, 9.17) is 0 Å². The molecule has 1 aromatic carbocycles. The van der Waals surface area contributed by atoms with E-state index in [0.29, 0.717) is 3.79 Å². The van der Waals surface area contributed by atoms with Gasteiger partial charge in [-0.2, -0.15) is 0 Å². The van der Waals surface area contributed by atoms with Crippen LogP contribution in [0.2, 0.25) is 0 Å². The highest BCUT2D eigenvalue weighted by molar-refractivity contribution is 9.11. The van der Waals surface area contributed by atoms with Crippen LogP contribution in [-0.4, -0.2) is 14.8 Å². The Morgan fingerprint density at radius 3 is 2.45 bits per heavy atom. The van der Waals surface area contributed by atoms with Gasteiger partial charge >= 0.3 is 6.36 Å². The molecule has 4 nitrogen and oxygen atoms in total. The SMILES string of the molecule is O=S(=O)(NCc1ccccc1OC(F)(F)F)c1ccc(Br)s1. The number of para-hydroxylation sites is 1. The Balaban J connectivity index is 2.15. The summed E-state index contributed by atoms with van der Waals surface area (Å²) in [4.78, 5) is 0. The van der Waals surface area contributed by atoms with E-state index in [2.05, 4.69) is 25.4 Å². The molecule has 0 aliphatic carbocycles. The van der Waals surface area contributed by atoms with Crippen LogP contribution in [0.15, 0.2) is 44.4 Å². The maximum Gasteiger partial charge on any atom is 0.573 e. The molecule has 0 radical (unpaired) electrons. The van der Waals surface area contributed by atoms with E-state index in [1.54, 1.807) is 6.07 Å². The summed E-state index contributed by atoms with van der Waals surface area (Å²) in [5.74, 6) is -0.440. The standard InChI is InChI=1S/C12H9BrF3NO3S2/c13-10-5-6-11(21-10)22(18,19)17-7-8-3-1-2-4-9(8)20-12(14,15)16/h1-6,17H,7H2. The van der Waals surface area contributed by atoms with Gasteiger partial charge in [0.25, 0.3) is 0 Å². The van der Waals surface area contributed by atoms with E-state index in [1.165, 1.54) is 24.3 Å². The summed E-state index contributed by atoms with van der Waals surface area (Å²) in [5, 5.41) is 0. The molecule has 2 aromatic rings. The predicted octanol–water partition coefficient (Wildman–Crippen LogP) is 3.89. The molecule has 0 fully saturated rings. The minimum Gasteiger partial charge on any atom is -0.405 e. The van der Waals surface area contributed by atoms with Crippen molar-refractivity contribution in [3.05, 3.63) is 45.7 Å². The molecule has 0 saturated heterocycles. The quantitative estimate of drug-likeness (QED) is 0.805. The van der Waals surface area contributed by atoms with Crippen LogP contribution in [0.4, 0.5) is 13.2 Å². The first-order valence-electron chi connectivity index (χ1n) is 5.76. The molecule has 1 heterocycles. The highest BCUT2D eigenvalue weighted by Gasteiger charge is 2.32. The maximum absolute atomic E-state index is 12.3. The molecular formula is C12H9BrF3NO3S2. The second-order valence-electron chi connectivity index (χ2n) is 4.04. The number of nitrogens with one attached hydrogen (secondary N) is 1. The first-order chi connectivity index (χ1) is 10.2. The van der Waals surface area contributed by atoms with E-state index >= 15 is 0 Å². The largest absolute Gasteiger partial charge is 0.573 e. The molecule has 0 spiro atoms. The van der Waals surface area contributed by atoms with Gasteiger partial charge in [0, 0.05) is 12.1 Å². The van der Waals surface area contributed by atoms with Crippen LogP contribution in [0, 0.1) is 0 Å². The van der Waals surface area contributed by atoms with E-state index in [9.17, 15) is 21.6 Å². The van der Waals surface area contributed by atoms with Crippen molar-refractivity contribution in [2.24, 2.45) is 0 Å². The maximum atomic E-state index is 12.3. The van der Waals surface area contributed by atoms with Crippen LogP contribution in [0.3, 0.4) is 0 Å². The number of sulfonamides is 1. The summed E-state index contributed by atoms with van der Waals surface area (Å²) in [7, 11) is -3.80. The van der Waals surface area contributed by atoms with Gasteiger partial charge < -0.3 is 4.74 Å². The molecular weight excluding hydrogens is 407 g/mol. The third-order valence-electron chi connectivity index (χ3n) is 2.46. The molecule has 0 amide bonds. The summed E-state index contributed by atoms with van der Waals surface area (Å²) >= 11 is 4.15. The number of hydrogen-bond acceptors (Lipinski definition) is 4. The summed E-state index contributed by atoms with van der Waals surface area (Å²) in [6, 6.07) is 8.31. The Kier molecular flexibility index (Phi) is 5.15. The van der Waals surface area contributed by atoms with Gasteiger partial charge in [0.2, 0.25) is 10.0 Å². The number of benzene rings is 1. The van der Waals surface area contributed by atoms with Crippen molar-refractivity contribution >= 4 is 37.3 Å². The molecule has 0 unspecified atom stereocenters. The summed E-state index contributed by atoms with van der Waals surface area (Å²) in [5.41, 5.74) is 0.0824. The highest BCUT2D eigenvalue weighted by Crippen LogP contribution is 2.28. The Labute approximate surface area is 137 Å². The lowest BCUT2D eigenvalue weighted by molar-refractivity contribution is -0.274. The first-order valence-corrected chi connectivity index (χ1v) is 8.85. The Hall–Kier alpha value is -1.10. The average Bonchev–Trinajstić information content (AvgIpc) is 2.83. The minimum absolute atomic E-state index is 0.0635. The second-order valence-corrected chi connectivity index (χ2v) is 8.50. The average molecular weight is 416 g/mol. The summed E-state index contributed by atoms with van der Waals surface area (Å²) in [6.07, 6.45) is -4.84. The fourth-order valence-electron chi connectivity index (χ4n) is 1.56. The van der Waals surface area contributed by atoms with Crippen molar-refractivity contribution < 1.29 is 26.3 Å². The van der Waals surface area contributed by atoms with Crippen molar-refractivity contribution in [1.29, 1.82) is 0 Å². The Morgan fingerprint density at radius 2 is 1.86 bits per heavy atom. The monoisotopic (exact) mass is 415 g/mol. The predicted molar refractivity (Wildman–Crippen MR) is 79.2 cm³/mol. The van der Waals surface area contributed by atoms with Crippen LogP contribution in [0.25, 0.3) is 0 Å². The number of thiophene rings is 1. The van der Waals surface area contributed by atoms with Crippen LogP contribution in [0.5, 0.6) is 5.75 Å². The topological polar surface area (TPSA) is 55.4 Å². The number of halogens is 4. The third-order valence-corrected chi connectivity index (χ3v) is 5.98. The molecule has 120 valence electrons. The third kappa shape index (κ3) is 4.70. The molecule has 0 atom stereocenters. The van der Waals surface area contributed by atoms with Crippen LogP contribution in [-0.2, 0) is 16.6 Å². The van der Waals surface area contributed by atoms with E-state index < -0.39 is 22.1 Å². The van der Waals surface area contributed by atoms with E-state index in [-0.39, 0.29) is 16.3 Å². The van der Waals surface area contributed by atoms with Crippen LogP contribution in [0.1, 0.15) is 5.56 Å². The number of ether oxygens (including phenoxy) is 1. The van der Waals surface area contributed by atoms with E-state index in [1.807, 2.05) is 0 Å². The van der Waals surface area contributed by atoms with Gasteiger partial charge in [0.1, 0.15) is 9.96 Å². The van der Waals surface area contributed by atoms with Gasteiger partial charge in [-0.1, -0.05) is 18.2 Å². The van der Waals surface area contributed by atoms with Gasteiger partial charge in [-0.05, 0) is 34.1 Å². The molecule has 1 N–H and O–H groups in total. The van der Waals surface area contributed by atoms with Gasteiger partial charge in [0.15, 0.2) is 0 Å². The normalized spacial score (nSPS) is 12.4. The Bertz CT molecular complexity index is 759. The van der Waals surface area contributed by atoms with Crippen molar-refractivity contribution in [3.8, 4) is 5.75 Å². The first kappa shape index (κ1) is 17.3. The molecule has 10 heteroatoms. The molecule has 22 heavy (non-hydrogen) atoms. The second kappa shape index (κ2) is 6.57. The molecule has 2 rings (SSSR count). The lowest BCUT2D eigenvalue weighted by Crippen LogP contribution is -2.24. The highest BCUT2D eigenvalue weighted by atomic mass is 79.9. The lowest BCUT2D eigenvalue weighted by Gasteiger charge is -2.13. The molecule has 0 saturated carbocycles. The number of hydrogen-bond donors (Lipinski definition) is 1. The fraction of sp³-hybridized carbons (Fsp3) is 0.167. The van der Waals surface area contributed by atoms with Crippen molar-refractivity contribution in [2.75, 3.05) is 0 Å². The zero-order valence-corrected chi connectivity index (χ0v) is 13.9. The summed E-state index contributed by atoms with van der Waals surface area (Å²) < 4.78 is 67.8. The van der Waals surface area contributed by atoms with Gasteiger partial charge in [0.05, 0.1) is 3.79 Å². The van der Waals surface area contributed by atoms with Crippen molar-refractivity contribution in [3.63, 3.8) is 0 Å². The lowest BCUT2D eigenvalue weighted by atomic mass is 10.2. The van der Waals surface area contributed by atoms with Crippen molar-refractivity contribution in [2.45, 2.75) is 17.1 Å². The van der Waals surface area contributed by atoms with Crippen molar-refractivity contribution in [1.82, 2.24) is 4.72 Å². The minimum atomic E-state index is -4.84. The van der Waals surface area contributed by atoms with E-state index in [0.717, 1.165) is 17.4 Å². The molecule has 0 bridgehead atoms. The molecule has 1 aromatic heterocycles. The molecule has 0 aliphatic heterocycles. The number of alkyl halides is 3. The zero-order valence-electron chi connectivity index (χ0n) is 10.7. The summed E-state index contributed by atoms with van der Waals surface area (Å²) in [6.45, 7) is -0.315. The Morgan fingerprint density at radius 1 is 1.18 bits per heavy atom. The zero-order chi connectivity index (χ0) is 16.4. The van der Waals surface area contributed by atoms with Gasteiger partial charge in [-0.15, -0.1) is 24.5 Å². The van der Waals surface area contributed by atoms with Gasteiger partial charge in [-0.25, -0.2) is 13.1 Å². The van der Waals surface area contributed by atoms with Crippen LogP contribution >= 0.6 is 27.3 Å². The number of rotatable bonds is 5. The fourth-order valence-corrected chi connectivity index (χ4v) is 4.62. The van der Waals surface area contributed by atoms with Gasteiger partial charge in [-0.3, -0.25) is 0 Å². The van der Waals surface area contributed by atoms with Crippen LogP contribution < -0.4 is 9.46 Å².